The molecule has 4 heterocycles. The number of rotatable bonds is 8. The smallest absolute Gasteiger partial charge is 0.383 e. The van der Waals surface area contributed by atoms with E-state index in [2.05, 4.69) is 39.5 Å². The van der Waals surface area contributed by atoms with E-state index in [1.807, 2.05) is 12.1 Å². The summed E-state index contributed by atoms with van der Waals surface area (Å²) in [5, 5.41) is 6.77. The molecule has 5 rings (SSSR count). The van der Waals surface area contributed by atoms with E-state index in [4.69, 9.17) is 31.1 Å². The van der Waals surface area contributed by atoms with Crippen LogP contribution >= 0.6 is 11.6 Å². The predicted molar refractivity (Wildman–Crippen MR) is 137 cm³/mol. The van der Waals surface area contributed by atoms with Crippen molar-refractivity contribution in [2.45, 2.75) is 58.3 Å². The fourth-order valence-electron chi connectivity index (χ4n) is 5.06. The third kappa shape index (κ3) is 5.25. The molecule has 2 aliphatic rings. The first-order chi connectivity index (χ1) is 17.4. The molecule has 0 spiro atoms. The minimum absolute atomic E-state index is 0.0600. The Morgan fingerprint density at radius 1 is 1.25 bits per heavy atom. The molecular formula is C25H32ClN7O3. The fraction of sp³-hybridized carbons (Fsp3) is 0.520. The Balaban J connectivity index is 1.65. The van der Waals surface area contributed by atoms with Gasteiger partial charge in [-0.2, -0.15) is 0 Å². The first kappa shape index (κ1) is 24.7. The van der Waals surface area contributed by atoms with Gasteiger partial charge in [-0.15, -0.1) is 5.48 Å². The number of hydroxylamine groups is 1. The maximum absolute atomic E-state index is 11.7. The van der Waals surface area contributed by atoms with Gasteiger partial charge in [-0.3, -0.25) is 10.3 Å². The monoisotopic (exact) mass is 513 g/mol. The normalized spacial score (nSPS) is 22.9. The Labute approximate surface area is 215 Å². The number of nitrogens with zero attached hydrogens (tertiary/aromatic N) is 4. The summed E-state index contributed by atoms with van der Waals surface area (Å²) in [6.07, 6.45) is 7.03. The van der Waals surface area contributed by atoms with E-state index in [0.29, 0.717) is 28.9 Å². The zero-order chi connectivity index (χ0) is 25.2. The van der Waals surface area contributed by atoms with E-state index in [9.17, 15) is 4.79 Å². The van der Waals surface area contributed by atoms with Gasteiger partial charge in [0.25, 0.3) is 0 Å². The molecule has 3 N–H and O–H groups in total. The lowest BCUT2D eigenvalue weighted by Gasteiger charge is -2.27. The summed E-state index contributed by atoms with van der Waals surface area (Å²) >= 11 is 6.32. The summed E-state index contributed by atoms with van der Waals surface area (Å²) in [7, 11) is 1.69. The molecular weight excluding hydrogens is 482 g/mol. The van der Waals surface area contributed by atoms with Crippen molar-refractivity contribution in [3.63, 3.8) is 0 Å². The van der Waals surface area contributed by atoms with Crippen LogP contribution in [-0.2, 0) is 16.1 Å². The third-order valence-corrected chi connectivity index (χ3v) is 7.13. The van der Waals surface area contributed by atoms with Crippen LogP contribution < -0.4 is 16.1 Å². The molecule has 2 unspecified atom stereocenters. The average Bonchev–Trinajstić information content (AvgIpc) is 3.43. The standard InChI is InChI=1S/C25H32ClN7O3/c1-14-4-6-16(7-5-14)12-33-22-19(30-24(33)28-15(2)13-35-3)9-20(23-31-25(34)36-32-23)29-21(22)17-8-18(26)11-27-10-17/h8-11,14-16,23,32H,4-7,12-13H2,1-3H3,(H,28,30)(H,31,34). The number of hydrogen-bond acceptors (Lipinski definition) is 8. The zero-order valence-corrected chi connectivity index (χ0v) is 21.5. The van der Waals surface area contributed by atoms with Gasteiger partial charge < -0.3 is 19.5 Å². The summed E-state index contributed by atoms with van der Waals surface area (Å²) in [5.41, 5.74) is 6.40. The first-order valence-electron chi connectivity index (χ1n) is 12.4. The Morgan fingerprint density at radius 2 is 2.06 bits per heavy atom. The molecule has 2 fully saturated rings. The van der Waals surface area contributed by atoms with Gasteiger partial charge in [-0.1, -0.05) is 31.4 Å². The minimum Gasteiger partial charge on any atom is -0.383 e. The summed E-state index contributed by atoms with van der Waals surface area (Å²) in [4.78, 5) is 30.8. The van der Waals surface area contributed by atoms with E-state index >= 15 is 0 Å². The quantitative estimate of drug-likeness (QED) is 0.398. The number of ether oxygens (including phenoxy) is 1. The maximum Gasteiger partial charge on any atom is 0.427 e. The molecule has 1 aliphatic heterocycles. The third-order valence-electron chi connectivity index (χ3n) is 6.92. The van der Waals surface area contributed by atoms with E-state index < -0.39 is 12.3 Å². The second kappa shape index (κ2) is 10.6. The van der Waals surface area contributed by atoms with Crippen molar-refractivity contribution < 1.29 is 14.4 Å². The molecule has 1 amide bonds. The van der Waals surface area contributed by atoms with Crippen molar-refractivity contribution in [3.8, 4) is 11.3 Å². The van der Waals surface area contributed by atoms with Crippen molar-refractivity contribution in [3.05, 3.63) is 35.2 Å². The van der Waals surface area contributed by atoms with Gasteiger partial charge in [0.1, 0.15) is 0 Å². The number of imidazole rings is 1. The number of carbonyl (C=O) groups excluding carboxylic acids is 1. The molecule has 1 saturated carbocycles. The lowest BCUT2D eigenvalue weighted by molar-refractivity contribution is 0.121. The molecule has 0 aromatic carbocycles. The number of methoxy groups -OCH3 is 1. The Morgan fingerprint density at radius 3 is 2.75 bits per heavy atom. The molecule has 1 saturated heterocycles. The Kier molecular flexibility index (Phi) is 7.27. The van der Waals surface area contributed by atoms with Crippen LogP contribution in [0.15, 0.2) is 24.5 Å². The highest BCUT2D eigenvalue weighted by molar-refractivity contribution is 6.30. The van der Waals surface area contributed by atoms with Crippen LogP contribution in [0, 0.1) is 11.8 Å². The van der Waals surface area contributed by atoms with E-state index in [1.54, 1.807) is 19.5 Å². The van der Waals surface area contributed by atoms with Crippen LogP contribution in [0.4, 0.5) is 10.7 Å². The highest BCUT2D eigenvalue weighted by Crippen LogP contribution is 2.36. The van der Waals surface area contributed by atoms with Crippen molar-refractivity contribution in [2.75, 3.05) is 19.0 Å². The highest BCUT2D eigenvalue weighted by Gasteiger charge is 2.29. The van der Waals surface area contributed by atoms with Gasteiger partial charge in [0.15, 0.2) is 6.17 Å². The number of amides is 1. The van der Waals surface area contributed by atoms with Crippen LogP contribution in [0.25, 0.3) is 22.3 Å². The van der Waals surface area contributed by atoms with Gasteiger partial charge in [0.2, 0.25) is 5.95 Å². The van der Waals surface area contributed by atoms with E-state index in [0.717, 1.165) is 35.0 Å². The molecule has 11 heteroatoms. The molecule has 1 aliphatic carbocycles. The lowest BCUT2D eigenvalue weighted by Crippen LogP contribution is -2.25. The SMILES string of the molecule is COCC(C)Nc1nc2cc(C3NOC(=O)N3)nc(-c3cncc(Cl)c3)c2n1CC1CCC(C)CC1. The summed E-state index contributed by atoms with van der Waals surface area (Å²) < 4.78 is 7.60. The van der Waals surface area contributed by atoms with Gasteiger partial charge in [0.05, 0.1) is 34.1 Å². The molecule has 2 atom stereocenters. The van der Waals surface area contributed by atoms with Crippen LogP contribution in [0.5, 0.6) is 0 Å². The number of carbonyl (C=O) groups is 1. The number of aromatic nitrogens is 4. The number of anilines is 1. The summed E-state index contributed by atoms with van der Waals surface area (Å²) in [5.74, 6) is 2.09. The first-order valence-corrected chi connectivity index (χ1v) is 12.8. The van der Waals surface area contributed by atoms with Crippen molar-refractivity contribution in [2.24, 2.45) is 11.8 Å². The number of halogens is 1. The van der Waals surface area contributed by atoms with Crippen LogP contribution in [0.3, 0.4) is 0 Å². The summed E-state index contributed by atoms with van der Waals surface area (Å²) in [6, 6.07) is 3.79. The number of pyridine rings is 2. The second-order valence-electron chi connectivity index (χ2n) is 9.91. The van der Waals surface area contributed by atoms with Crippen molar-refractivity contribution in [1.29, 1.82) is 0 Å². The number of nitrogens with one attached hydrogen (secondary N) is 3. The van der Waals surface area contributed by atoms with Crippen molar-refractivity contribution >= 4 is 34.7 Å². The highest BCUT2D eigenvalue weighted by atomic mass is 35.5. The zero-order valence-electron chi connectivity index (χ0n) is 20.8. The fourth-order valence-corrected chi connectivity index (χ4v) is 5.23. The molecule has 3 aromatic heterocycles. The minimum atomic E-state index is -0.596. The molecule has 0 radical (unpaired) electrons. The van der Waals surface area contributed by atoms with Crippen LogP contribution in [-0.4, -0.2) is 45.4 Å². The Bertz CT molecular complexity index is 1240. The van der Waals surface area contributed by atoms with Gasteiger partial charge in [-0.25, -0.2) is 14.8 Å². The van der Waals surface area contributed by atoms with Crippen LogP contribution in [0.2, 0.25) is 5.02 Å². The van der Waals surface area contributed by atoms with Gasteiger partial charge in [-0.05, 0) is 43.7 Å². The molecule has 3 aromatic rings. The maximum atomic E-state index is 11.7. The molecule has 192 valence electrons. The van der Waals surface area contributed by atoms with E-state index in [1.165, 1.54) is 25.7 Å². The van der Waals surface area contributed by atoms with Gasteiger partial charge >= 0.3 is 6.09 Å². The molecule has 36 heavy (non-hydrogen) atoms. The van der Waals surface area contributed by atoms with Gasteiger partial charge in [0, 0.05) is 37.7 Å². The second-order valence-corrected chi connectivity index (χ2v) is 10.3. The van der Waals surface area contributed by atoms with E-state index in [-0.39, 0.29) is 6.04 Å². The number of hydrogen-bond donors (Lipinski definition) is 3. The molecule has 0 bridgehead atoms. The van der Waals surface area contributed by atoms with Crippen LogP contribution in [0.1, 0.15) is 51.4 Å². The largest absolute Gasteiger partial charge is 0.427 e. The predicted octanol–water partition coefficient (Wildman–Crippen LogP) is 4.66. The average molecular weight is 514 g/mol. The Hall–Kier alpha value is -2.95. The lowest BCUT2D eigenvalue weighted by atomic mass is 9.83. The molecule has 10 nitrogen and oxygen atoms in total. The summed E-state index contributed by atoms with van der Waals surface area (Å²) in [6.45, 7) is 5.77. The van der Waals surface area contributed by atoms with Crippen molar-refractivity contribution in [1.82, 2.24) is 30.3 Å². The topological polar surface area (TPSA) is 115 Å². The number of fused-ring (bicyclic) bond motifs is 1.